The highest BCUT2D eigenvalue weighted by atomic mass is 32.1. The Morgan fingerprint density at radius 2 is 1.97 bits per heavy atom. The molecule has 1 saturated carbocycles. The molecule has 0 saturated heterocycles. The van der Waals surface area contributed by atoms with Crippen molar-refractivity contribution in [2.45, 2.75) is 25.4 Å². The van der Waals surface area contributed by atoms with Crippen LogP contribution in [0.5, 0.6) is 0 Å². The van der Waals surface area contributed by atoms with Gasteiger partial charge in [0, 0.05) is 11.6 Å². The van der Waals surface area contributed by atoms with Crippen molar-refractivity contribution in [3.63, 3.8) is 0 Å². The van der Waals surface area contributed by atoms with Crippen molar-refractivity contribution in [2.24, 2.45) is 0 Å². The van der Waals surface area contributed by atoms with Gasteiger partial charge in [-0.1, -0.05) is 36.4 Å². The highest BCUT2D eigenvalue weighted by Crippen LogP contribution is 2.39. The van der Waals surface area contributed by atoms with Gasteiger partial charge in [-0.3, -0.25) is 20.5 Å². The molecule has 144 valence electrons. The summed E-state index contributed by atoms with van der Waals surface area (Å²) in [5.41, 5.74) is 3.71. The molecule has 1 aliphatic heterocycles. The van der Waals surface area contributed by atoms with Gasteiger partial charge in [-0.05, 0) is 41.5 Å². The molecule has 1 aliphatic carbocycles. The number of benzene rings is 1. The maximum absolute atomic E-state index is 13.0. The van der Waals surface area contributed by atoms with Crippen molar-refractivity contribution >= 4 is 35.2 Å². The smallest absolute Gasteiger partial charge is 0.270 e. The van der Waals surface area contributed by atoms with E-state index < -0.39 is 0 Å². The molecule has 5 rings (SSSR count). The third kappa shape index (κ3) is 3.03. The molecular formula is C22H19N5OS. The number of hydrogen-bond donors (Lipinski definition) is 2. The van der Waals surface area contributed by atoms with E-state index >= 15 is 0 Å². The first kappa shape index (κ1) is 17.8. The van der Waals surface area contributed by atoms with E-state index in [2.05, 4.69) is 17.1 Å². The SMILES string of the molecule is N=CN(C(=N)c1cccc(N2Cc3c(-c4ccccc4)csc3C2=O)n1)C1CC1. The van der Waals surface area contributed by atoms with Gasteiger partial charge in [0.25, 0.3) is 5.91 Å². The molecule has 1 aromatic carbocycles. The van der Waals surface area contributed by atoms with Crippen LogP contribution >= 0.6 is 11.3 Å². The largest absolute Gasteiger partial charge is 0.313 e. The van der Waals surface area contributed by atoms with E-state index in [1.807, 2.05) is 29.6 Å². The predicted octanol–water partition coefficient (Wildman–Crippen LogP) is 4.37. The summed E-state index contributed by atoms with van der Waals surface area (Å²) >= 11 is 1.47. The molecule has 2 aromatic heterocycles. The van der Waals surface area contributed by atoms with Crippen molar-refractivity contribution < 1.29 is 4.79 Å². The topological polar surface area (TPSA) is 84.1 Å². The zero-order valence-corrected chi connectivity index (χ0v) is 16.4. The molecular weight excluding hydrogens is 382 g/mol. The number of carbonyl (C=O) groups is 1. The van der Waals surface area contributed by atoms with Crippen LogP contribution in [0.4, 0.5) is 5.82 Å². The molecule has 1 amide bonds. The molecule has 2 aliphatic rings. The molecule has 0 radical (unpaired) electrons. The second-order valence-electron chi connectivity index (χ2n) is 7.21. The van der Waals surface area contributed by atoms with Crippen LogP contribution in [0.1, 0.15) is 33.8 Å². The number of aromatic nitrogens is 1. The van der Waals surface area contributed by atoms with Gasteiger partial charge in [0.1, 0.15) is 11.5 Å². The van der Waals surface area contributed by atoms with Crippen molar-refractivity contribution in [1.82, 2.24) is 9.88 Å². The summed E-state index contributed by atoms with van der Waals surface area (Å²) in [6.07, 6.45) is 3.17. The van der Waals surface area contributed by atoms with Crippen LogP contribution in [-0.2, 0) is 6.54 Å². The van der Waals surface area contributed by atoms with Gasteiger partial charge in [0.05, 0.1) is 17.8 Å². The lowest BCUT2D eigenvalue weighted by atomic mass is 10.0. The van der Waals surface area contributed by atoms with E-state index in [-0.39, 0.29) is 17.8 Å². The summed E-state index contributed by atoms with van der Waals surface area (Å²) in [4.78, 5) is 21.7. The zero-order chi connectivity index (χ0) is 20.0. The molecule has 3 heterocycles. The first-order valence-electron chi connectivity index (χ1n) is 9.50. The fourth-order valence-electron chi connectivity index (χ4n) is 3.66. The second-order valence-corrected chi connectivity index (χ2v) is 8.09. The maximum Gasteiger partial charge on any atom is 0.270 e. The lowest BCUT2D eigenvalue weighted by Crippen LogP contribution is -2.32. The quantitative estimate of drug-likeness (QED) is 0.492. The van der Waals surface area contributed by atoms with Crippen molar-refractivity contribution in [2.75, 3.05) is 4.90 Å². The number of carbonyl (C=O) groups excluding carboxylic acids is 1. The zero-order valence-electron chi connectivity index (χ0n) is 15.6. The Balaban J connectivity index is 1.45. The van der Waals surface area contributed by atoms with Crippen LogP contribution in [0.25, 0.3) is 11.1 Å². The van der Waals surface area contributed by atoms with E-state index in [0.717, 1.165) is 34.4 Å². The summed E-state index contributed by atoms with van der Waals surface area (Å²) in [6, 6.07) is 15.7. The molecule has 2 N–H and O–H groups in total. The third-order valence-corrected chi connectivity index (χ3v) is 6.34. The van der Waals surface area contributed by atoms with Gasteiger partial charge < -0.3 is 4.90 Å². The summed E-state index contributed by atoms with van der Waals surface area (Å²) in [7, 11) is 0. The van der Waals surface area contributed by atoms with E-state index in [1.54, 1.807) is 21.9 Å². The fourth-order valence-corrected chi connectivity index (χ4v) is 4.70. The normalized spacial score (nSPS) is 15.3. The Bertz CT molecular complexity index is 1120. The number of fused-ring (bicyclic) bond motifs is 1. The third-order valence-electron chi connectivity index (χ3n) is 5.33. The standard InChI is InChI=1S/C22H19N5OS/c23-13-27(15-9-10-15)21(24)18-7-4-8-19(25-18)26-11-16-17(12-29-20(16)22(26)28)14-5-2-1-3-6-14/h1-8,12-13,15,23-24H,9-11H2. The minimum Gasteiger partial charge on any atom is -0.313 e. The van der Waals surface area contributed by atoms with Crippen LogP contribution in [0.3, 0.4) is 0 Å². The fraction of sp³-hybridized carbons (Fsp3) is 0.182. The van der Waals surface area contributed by atoms with Gasteiger partial charge >= 0.3 is 0 Å². The number of rotatable bonds is 5. The highest BCUT2D eigenvalue weighted by Gasteiger charge is 2.34. The van der Waals surface area contributed by atoms with E-state index in [4.69, 9.17) is 10.8 Å². The average molecular weight is 401 g/mol. The summed E-state index contributed by atoms with van der Waals surface area (Å²) in [5, 5.41) is 18.1. The molecule has 0 unspecified atom stereocenters. The number of nitrogens with zero attached hydrogens (tertiary/aromatic N) is 3. The summed E-state index contributed by atoms with van der Waals surface area (Å²) in [5.74, 6) is 0.700. The molecule has 0 atom stereocenters. The van der Waals surface area contributed by atoms with E-state index in [0.29, 0.717) is 18.1 Å². The average Bonchev–Trinajstić information content (AvgIpc) is 3.42. The number of amides is 1. The Kier molecular flexibility index (Phi) is 4.24. The van der Waals surface area contributed by atoms with Gasteiger partial charge in [0.2, 0.25) is 0 Å². The number of amidine groups is 1. The van der Waals surface area contributed by atoms with E-state index in [1.165, 1.54) is 17.7 Å². The van der Waals surface area contributed by atoms with Crippen molar-refractivity contribution in [1.29, 1.82) is 10.8 Å². The maximum atomic E-state index is 13.0. The molecule has 1 fully saturated rings. The number of nitrogens with one attached hydrogen (secondary N) is 2. The monoisotopic (exact) mass is 401 g/mol. The minimum absolute atomic E-state index is 0.0468. The van der Waals surface area contributed by atoms with Gasteiger partial charge in [0.15, 0.2) is 5.84 Å². The molecule has 0 spiro atoms. The minimum atomic E-state index is -0.0468. The lowest BCUT2D eigenvalue weighted by molar-refractivity contribution is 0.0999. The van der Waals surface area contributed by atoms with Crippen LogP contribution in [0.2, 0.25) is 0 Å². The molecule has 0 bridgehead atoms. The number of pyridine rings is 1. The summed E-state index contributed by atoms with van der Waals surface area (Å²) < 4.78 is 0. The van der Waals surface area contributed by atoms with E-state index in [9.17, 15) is 4.79 Å². The predicted molar refractivity (Wildman–Crippen MR) is 115 cm³/mol. The Morgan fingerprint density at radius 1 is 1.17 bits per heavy atom. The second kappa shape index (κ2) is 6.93. The Hall–Kier alpha value is -3.32. The Labute approximate surface area is 172 Å². The number of anilines is 1. The van der Waals surface area contributed by atoms with Gasteiger partial charge in [-0.25, -0.2) is 4.98 Å². The first-order valence-corrected chi connectivity index (χ1v) is 10.4. The highest BCUT2D eigenvalue weighted by molar-refractivity contribution is 7.13. The molecule has 29 heavy (non-hydrogen) atoms. The molecule has 7 heteroatoms. The van der Waals surface area contributed by atoms with Crippen LogP contribution in [-0.4, -0.2) is 34.0 Å². The summed E-state index contributed by atoms with van der Waals surface area (Å²) in [6.45, 7) is 0.475. The van der Waals surface area contributed by atoms with Crippen molar-refractivity contribution in [3.05, 3.63) is 70.0 Å². The Morgan fingerprint density at radius 3 is 2.69 bits per heavy atom. The van der Waals surface area contributed by atoms with Crippen LogP contribution in [0.15, 0.2) is 53.9 Å². The number of thiophene rings is 1. The first-order chi connectivity index (χ1) is 14.2. The van der Waals surface area contributed by atoms with Gasteiger partial charge in [-0.15, -0.1) is 11.3 Å². The molecule has 6 nitrogen and oxygen atoms in total. The van der Waals surface area contributed by atoms with Crippen LogP contribution in [0, 0.1) is 10.8 Å². The van der Waals surface area contributed by atoms with Crippen molar-refractivity contribution in [3.8, 4) is 11.1 Å². The number of hydrogen-bond acceptors (Lipinski definition) is 5. The van der Waals surface area contributed by atoms with Gasteiger partial charge in [-0.2, -0.15) is 0 Å². The molecule has 3 aromatic rings. The lowest BCUT2D eigenvalue weighted by Gasteiger charge is -2.20. The van der Waals surface area contributed by atoms with Crippen LogP contribution < -0.4 is 4.90 Å².